The summed E-state index contributed by atoms with van der Waals surface area (Å²) in [6.45, 7) is 1.63. The lowest BCUT2D eigenvalue weighted by Gasteiger charge is -1.98. The largest absolute Gasteiger partial charge is 0.378 e. The zero-order valence-electron chi connectivity index (χ0n) is 13.4. The Bertz CT molecular complexity index is 1090. The van der Waals surface area contributed by atoms with Gasteiger partial charge in [0.05, 0.1) is 22.9 Å². The third-order valence-electron chi connectivity index (χ3n) is 3.57. The molecule has 12 heteroatoms. The number of rotatable bonds is 4. The number of nitrogens with zero attached hydrogens (tertiary/aromatic N) is 7. The quantitative estimate of drug-likeness (QED) is 0.345. The van der Waals surface area contributed by atoms with E-state index >= 15 is 0 Å². The molecule has 0 atom stereocenters. The average Bonchev–Trinajstić information content (AvgIpc) is 3.32. The lowest BCUT2D eigenvalue weighted by Crippen LogP contribution is -2.19. The highest BCUT2D eigenvalue weighted by molar-refractivity contribution is 5.94. The third-order valence-corrected chi connectivity index (χ3v) is 3.57. The number of benzene rings is 1. The Hall–Kier alpha value is -4.09. The summed E-state index contributed by atoms with van der Waals surface area (Å²) >= 11 is 0. The van der Waals surface area contributed by atoms with Crippen molar-refractivity contribution in [3.63, 3.8) is 0 Å². The maximum atomic E-state index is 12.2. The van der Waals surface area contributed by atoms with Crippen molar-refractivity contribution < 1.29 is 9.42 Å². The molecule has 0 saturated carbocycles. The number of nitrogens with one attached hydrogen (secondary N) is 2. The molecule has 12 nitrogen and oxygen atoms in total. The summed E-state index contributed by atoms with van der Waals surface area (Å²) < 4.78 is 5.77. The van der Waals surface area contributed by atoms with Crippen molar-refractivity contribution in [1.29, 1.82) is 0 Å². The SMILES string of the molecule is Cc1c(C(=O)NN=Cc2nc3ccccc3[nH]2)nnn1-c1nonc1N. The summed E-state index contributed by atoms with van der Waals surface area (Å²) in [7, 11) is 0. The van der Waals surface area contributed by atoms with Crippen molar-refractivity contribution in [2.24, 2.45) is 5.10 Å². The number of nitrogens with two attached hydrogens (primary N) is 1. The van der Waals surface area contributed by atoms with Gasteiger partial charge >= 0.3 is 0 Å². The maximum Gasteiger partial charge on any atom is 0.293 e. The van der Waals surface area contributed by atoms with Crippen LogP contribution in [0.3, 0.4) is 0 Å². The number of para-hydroxylation sites is 2. The van der Waals surface area contributed by atoms with E-state index in [-0.39, 0.29) is 17.3 Å². The molecule has 4 aromatic rings. The molecule has 130 valence electrons. The van der Waals surface area contributed by atoms with Gasteiger partial charge in [0, 0.05) is 0 Å². The van der Waals surface area contributed by atoms with Crippen LogP contribution in [0.5, 0.6) is 0 Å². The van der Waals surface area contributed by atoms with Gasteiger partial charge in [-0.2, -0.15) is 9.78 Å². The number of hydrogen-bond donors (Lipinski definition) is 3. The molecule has 0 aliphatic rings. The van der Waals surface area contributed by atoms with Gasteiger partial charge in [-0.15, -0.1) is 5.10 Å². The van der Waals surface area contributed by atoms with Crippen LogP contribution in [0.4, 0.5) is 5.82 Å². The van der Waals surface area contributed by atoms with Crippen molar-refractivity contribution in [3.05, 3.63) is 41.5 Å². The zero-order chi connectivity index (χ0) is 18.1. The van der Waals surface area contributed by atoms with E-state index in [1.807, 2.05) is 24.3 Å². The lowest BCUT2D eigenvalue weighted by molar-refractivity contribution is 0.0949. The molecule has 4 N–H and O–H groups in total. The highest BCUT2D eigenvalue weighted by Crippen LogP contribution is 2.14. The number of nitrogen functional groups attached to an aromatic ring is 1. The summed E-state index contributed by atoms with van der Waals surface area (Å²) in [5.41, 5.74) is 10.1. The van der Waals surface area contributed by atoms with Gasteiger partial charge in [-0.25, -0.2) is 15.0 Å². The third kappa shape index (κ3) is 2.64. The number of imidazole rings is 1. The predicted molar refractivity (Wildman–Crippen MR) is 89.5 cm³/mol. The Balaban J connectivity index is 1.50. The first-order valence-electron chi connectivity index (χ1n) is 7.42. The van der Waals surface area contributed by atoms with Crippen LogP contribution >= 0.6 is 0 Å². The van der Waals surface area contributed by atoms with Crippen molar-refractivity contribution in [2.45, 2.75) is 6.92 Å². The molecule has 1 amide bonds. The molecule has 4 rings (SSSR count). The topological polar surface area (TPSA) is 166 Å². The molecular formula is C14H12N10O2. The second kappa shape index (κ2) is 6.08. The van der Waals surface area contributed by atoms with Gasteiger partial charge in [0.1, 0.15) is 0 Å². The van der Waals surface area contributed by atoms with Crippen molar-refractivity contribution in [2.75, 3.05) is 5.73 Å². The monoisotopic (exact) mass is 352 g/mol. The van der Waals surface area contributed by atoms with Gasteiger partial charge in [-0.3, -0.25) is 4.79 Å². The van der Waals surface area contributed by atoms with Crippen LogP contribution in [0.15, 0.2) is 34.0 Å². The fourth-order valence-electron chi connectivity index (χ4n) is 2.32. The molecule has 0 bridgehead atoms. The van der Waals surface area contributed by atoms with E-state index in [1.54, 1.807) is 6.92 Å². The molecule has 3 aromatic heterocycles. The minimum absolute atomic E-state index is 0.0351. The number of carbonyl (C=O) groups is 1. The van der Waals surface area contributed by atoms with E-state index in [0.29, 0.717) is 11.5 Å². The Labute approximate surface area is 145 Å². The van der Waals surface area contributed by atoms with E-state index in [1.165, 1.54) is 10.9 Å². The highest BCUT2D eigenvalue weighted by atomic mass is 16.6. The van der Waals surface area contributed by atoms with Crippen LogP contribution in [-0.4, -0.2) is 47.4 Å². The molecule has 0 unspecified atom stereocenters. The Morgan fingerprint density at radius 3 is 3.00 bits per heavy atom. The van der Waals surface area contributed by atoms with Gasteiger partial charge in [0.15, 0.2) is 11.5 Å². The number of amides is 1. The van der Waals surface area contributed by atoms with E-state index < -0.39 is 5.91 Å². The number of carbonyl (C=O) groups excluding carboxylic acids is 1. The van der Waals surface area contributed by atoms with Gasteiger partial charge < -0.3 is 10.7 Å². The van der Waals surface area contributed by atoms with Crippen LogP contribution in [0.25, 0.3) is 16.9 Å². The molecule has 0 fully saturated rings. The molecule has 1 aromatic carbocycles. The first-order chi connectivity index (χ1) is 12.6. The first-order valence-corrected chi connectivity index (χ1v) is 7.42. The molecule has 26 heavy (non-hydrogen) atoms. The van der Waals surface area contributed by atoms with E-state index in [9.17, 15) is 4.79 Å². The fourth-order valence-corrected chi connectivity index (χ4v) is 2.32. The minimum atomic E-state index is -0.545. The van der Waals surface area contributed by atoms with Crippen LogP contribution in [0.1, 0.15) is 22.0 Å². The molecule has 0 aliphatic heterocycles. The fraction of sp³-hybridized carbons (Fsp3) is 0.0714. The molecule has 0 aliphatic carbocycles. The molecular weight excluding hydrogens is 340 g/mol. The number of anilines is 1. The Morgan fingerprint density at radius 1 is 1.38 bits per heavy atom. The summed E-state index contributed by atoms with van der Waals surface area (Å²) in [6.07, 6.45) is 1.40. The Kier molecular flexibility index (Phi) is 3.61. The van der Waals surface area contributed by atoms with Crippen molar-refractivity contribution >= 4 is 29.0 Å². The normalized spacial score (nSPS) is 11.4. The maximum absolute atomic E-state index is 12.2. The van der Waals surface area contributed by atoms with E-state index in [0.717, 1.165) is 11.0 Å². The van der Waals surface area contributed by atoms with Gasteiger partial charge in [-0.1, -0.05) is 17.3 Å². The molecule has 3 heterocycles. The second-order valence-corrected chi connectivity index (χ2v) is 5.25. The van der Waals surface area contributed by atoms with Gasteiger partial charge in [0.25, 0.3) is 5.91 Å². The molecule has 0 radical (unpaired) electrons. The summed E-state index contributed by atoms with van der Waals surface area (Å²) in [5, 5.41) is 18.6. The number of aromatic amines is 1. The van der Waals surface area contributed by atoms with Crippen LogP contribution in [-0.2, 0) is 0 Å². The predicted octanol–water partition coefficient (Wildman–Crippen LogP) is 0.181. The summed E-state index contributed by atoms with van der Waals surface area (Å²) in [6, 6.07) is 7.54. The average molecular weight is 352 g/mol. The first kappa shape index (κ1) is 15.4. The number of hydrogen-bond acceptors (Lipinski definition) is 9. The number of aromatic nitrogens is 7. The Morgan fingerprint density at radius 2 is 2.23 bits per heavy atom. The zero-order valence-corrected chi connectivity index (χ0v) is 13.4. The summed E-state index contributed by atoms with van der Waals surface area (Å²) in [5.74, 6) is 0.150. The van der Waals surface area contributed by atoms with Crippen LogP contribution in [0.2, 0.25) is 0 Å². The number of H-pyrrole nitrogens is 1. The molecule has 0 saturated heterocycles. The smallest absolute Gasteiger partial charge is 0.293 e. The highest BCUT2D eigenvalue weighted by Gasteiger charge is 2.20. The molecule has 0 spiro atoms. The van der Waals surface area contributed by atoms with Crippen LogP contribution in [0, 0.1) is 6.92 Å². The summed E-state index contributed by atoms with van der Waals surface area (Å²) in [4.78, 5) is 19.6. The van der Waals surface area contributed by atoms with Crippen LogP contribution < -0.4 is 11.2 Å². The van der Waals surface area contributed by atoms with Crippen molar-refractivity contribution in [3.8, 4) is 5.82 Å². The van der Waals surface area contributed by atoms with Crippen molar-refractivity contribution in [1.82, 2.24) is 40.7 Å². The van der Waals surface area contributed by atoms with Gasteiger partial charge in [-0.05, 0) is 29.4 Å². The number of hydrazone groups is 1. The minimum Gasteiger partial charge on any atom is -0.378 e. The van der Waals surface area contributed by atoms with E-state index in [2.05, 4.69) is 45.7 Å². The standard InChI is InChI=1S/C14H12N10O2/c1-7-11(19-23-24(7)13-12(15)21-26-22-13)14(25)20-16-6-10-17-8-4-2-3-5-9(8)18-10/h2-6H,1H3,(H2,15,21)(H,17,18)(H,20,25). The van der Waals surface area contributed by atoms with Gasteiger partial charge in [0.2, 0.25) is 11.6 Å². The van der Waals surface area contributed by atoms with E-state index in [4.69, 9.17) is 5.73 Å². The lowest BCUT2D eigenvalue weighted by atomic mass is 10.3. The second-order valence-electron chi connectivity index (χ2n) is 5.25. The number of fused-ring (bicyclic) bond motifs is 1.